The Morgan fingerprint density at radius 1 is 0.667 bits per heavy atom. The summed E-state index contributed by atoms with van der Waals surface area (Å²) in [6, 6.07) is 0.567. The van der Waals surface area contributed by atoms with Crippen LogP contribution >= 0.6 is 0 Å². The van der Waals surface area contributed by atoms with E-state index < -0.39 is 0 Å². The summed E-state index contributed by atoms with van der Waals surface area (Å²) in [6.45, 7) is 29.4. The number of nitrogens with one attached hydrogen (secondary N) is 1. The Hall–Kier alpha value is -0.240. The molecule has 1 aliphatic carbocycles. The zero-order chi connectivity index (χ0) is 27.0. The van der Waals surface area contributed by atoms with Gasteiger partial charge in [0, 0.05) is 43.4 Å². The number of likely N-dealkylation sites (tertiary alicyclic amines) is 1. The standard InChI is InChI=1S/C30H60N2O4/c1-27(2,3)22-33-14-11-15-35-26-20-32(21-26)30(9,10)13-12-29(7,8)31-24-18-25(19-24)36-17-16-34-23-28(4,5)6/h24-26,31H,11-23H2,1-10H3. The van der Waals surface area contributed by atoms with Crippen molar-refractivity contribution >= 4 is 0 Å². The van der Waals surface area contributed by atoms with Crippen molar-refractivity contribution in [3.8, 4) is 0 Å². The lowest BCUT2D eigenvalue weighted by molar-refractivity contribution is -0.0996. The van der Waals surface area contributed by atoms with Crippen molar-refractivity contribution in [3.05, 3.63) is 0 Å². The van der Waals surface area contributed by atoms with Gasteiger partial charge in [-0.25, -0.2) is 0 Å². The zero-order valence-electron chi connectivity index (χ0n) is 25.5. The molecule has 1 heterocycles. The van der Waals surface area contributed by atoms with Crippen LogP contribution in [0.2, 0.25) is 0 Å². The molecule has 6 heteroatoms. The highest BCUT2D eigenvalue weighted by Gasteiger charge is 2.39. The van der Waals surface area contributed by atoms with Crippen LogP contribution in [0.3, 0.4) is 0 Å². The van der Waals surface area contributed by atoms with E-state index in [4.69, 9.17) is 18.9 Å². The SMILES string of the molecule is CC(C)(C)COCCCOC1CN(C(C)(C)CCC(C)(C)NC2CC(OCCOCC(C)(C)C)C2)C1. The van der Waals surface area contributed by atoms with Gasteiger partial charge < -0.3 is 24.3 Å². The van der Waals surface area contributed by atoms with E-state index in [0.717, 1.165) is 65.2 Å². The highest BCUT2D eigenvalue weighted by atomic mass is 16.5. The molecule has 6 nitrogen and oxygen atoms in total. The molecule has 0 unspecified atom stereocenters. The molecule has 1 saturated carbocycles. The van der Waals surface area contributed by atoms with Gasteiger partial charge in [-0.15, -0.1) is 0 Å². The fourth-order valence-corrected chi connectivity index (χ4v) is 4.70. The van der Waals surface area contributed by atoms with Crippen LogP contribution in [0, 0.1) is 10.8 Å². The maximum atomic E-state index is 6.07. The molecule has 0 atom stereocenters. The minimum atomic E-state index is 0.135. The third kappa shape index (κ3) is 13.0. The van der Waals surface area contributed by atoms with Crippen molar-refractivity contribution in [3.63, 3.8) is 0 Å². The topological polar surface area (TPSA) is 52.2 Å². The van der Waals surface area contributed by atoms with E-state index in [-0.39, 0.29) is 21.9 Å². The van der Waals surface area contributed by atoms with Crippen LogP contribution in [-0.4, -0.2) is 87.0 Å². The third-order valence-corrected chi connectivity index (χ3v) is 7.19. The quantitative estimate of drug-likeness (QED) is 0.253. The zero-order valence-corrected chi connectivity index (χ0v) is 25.5. The van der Waals surface area contributed by atoms with E-state index in [2.05, 4.69) is 79.5 Å². The monoisotopic (exact) mass is 512 g/mol. The average molecular weight is 513 g/mol. The van der Waals surface area contributed by atoms with E-state index >= 15 is 0 Å². The summed E-state index contributed by atoms with van der Waals surface area (Å²) < 4.78 is 23.5. The van der Waals surface area contributed by atoms with Crippen molar-refractivity contribution < 1.29 is 18.9 Å². The smallest absolute Gasteiger partial charge is 0.0829 e. The van der Waals surface area contributed by atoms with Crippen LogP contribution in [0.4, 0.5) is 0 Å². The number of hydrogen-bond acceptors (Lipinski definition) is 6. The van der Waals surface area contributed by atoms with Crippen LogP contribution in [0.15, 0.2) is 0 Å². The molecule has 0 aromatic rings. The molecule has 0 bridgehead atoms. The van der Waals surface area contributed by atoms with Gasteiger partial charge in [0.25, 0.3) is 0 Å². The van der Waals surface area contributed by atoms with E-state index in [9.17, 15) is 0 Å². The van der Waals surface area contributed by atoms with Crippen molar-refractivity contribution in [2.45, 2.75) is 131 Å². The summed E-state index contributed by atoms with van der Waals surface area (Å²) in [4.78, 5) is 2.58. The molecule has 2 aliphatic rings. The average Bonchev–Trinajstić information content (AvgIpc) is 2.66. The summed E-state index contributed by atoms with van der Waals surface area (Å²) in [5, 5.41) is 3.89. The fraction of sp³-hybridized carbons (Fsp3) is 1.00. The van der Waals surface area contributed by atoms with Gasteiger partial charge in [0.2, 0.25) is 0 Å². The number of ether oxygens (including phenoxy) is 4. The first kappa shape index (κ1) is 32.0. The van der Waals surface area contributed by atoms with Gasteiger partial charge in [-0.3, -0.25) is 4.90 Å². The Bertz CT molecular complexity index is 611. The molecule has 0 amide bonds. The lowest BCUT2D eigenvalue weighted by Gasteiger charge is -2.50. The van der Waals surface area contributed by atoms with Gasteiger partial charge in [-0.05, 0) is 70.6 Å². The van der Waals surface area contributed by atoms with Crippen LogP contribution in [-0.2, 0) is 18.9 Å². The maximum absolute atomic E-state index is 6.07. The molecule has 2 fully saturated rings. The molecule has 2 rings (SSSR count). The van der Waals surface area contributed by atoms with Crippen molar-refractivity contribution in [2.24, 2.45) is 10.8 Å². The van der Waals surface area contributed by atoms with Crippen molar-refractivity contribution in [1.29, 1.82) is 0 Å². The summed E-state index contributed by atoms with van der Waals surface area (Å²) in [7, 11) is 0. The van der Waals surface area contributed by atoms with E-state index in [1.54, 1.807) is 0 Å². The molecule has 1 saturated heterocycles. The number of hydrogen-bond donors (Lipinski definition) is 1. The molecule has 0 spiro atoms. The first-order valence-corrected chi connectivity index (χ1v) is 14.5. The Morgan fingerprint density at radius 3 is 1.81 bits per heavy atom. The summed E-state index contributed by atoms with van der Waals surface area (Å²) in [5.74, 6) is 0. The number of rotatable bonds is 17. The first-order chi connectivity index (χ1) is 16.5. The van der Waals surface area contributed by atoms with Gasteiger partial charge in [0.15, 0.2) is 0 Å². The lowest BCUT2D eigenvalue weighted by Crippen LogP contribution is -2.61. The Balaban J connectivity index is 1.51. The van der Waals surface area contributed by atoms with Crippen molar-refractivity contribution in [2.75, 3.05) is 52.7 Å². The lowest BCUT2D eigenvalue weighted by atomic mass is 9.83. The molecule has 1 aliphatic heterocycles. The Morgan fingerprint density at radius 2 is 1.22 bits per heavy atom. The van der Waals surface area contributed by atoms with Crippen LogP contribution in [0.1, 0.15) is 101 Å². The number of nitrogens with zero attached hydrogens (tertiary/aromatic N) is 1. The third-order valence-electron chi connectivity index (χ3n) is 7.19. The second-order valence-corrected chi connectivity index (χ2v) is 15.0. The highest BCUT2D eigenvalue weighted by molar-refractivity contribution is 4.96. The Labute approximate surface area is 223 Å². The van der Waals surface area contributed by atoms with E-state index in [1.807, 2.05) is 0 Å². The van der Waals surface area contributed by atoms with E-state index in [1.165, 1.54) is 6.42 Å². The minimum absolute atomic E-state index is 0.135. The molecule has 1 N–H and O–H groups in total. The maximum Gasteiger partial charge on any atom is 0.0829 e. The van der Waals surface area contributed by atoms with Gasteiger partial charge in [-0.1, -0.05) is 41.5 Å². The van der Waals surface area contributed by atoms with Crippen molar-refractivity contribution in [1.82, 2.24) is 10.2 Å². The molecular weight excluding hydrogens is 452 g/mol. The van der Waals surface area contributed by atoms with Gasteiger partial charge in [0.1, 0.15) is 0 Å². The van der Waals surface area contributed by atoms with Gasteiger partial charge in [-0.2, -0.15) is 0 Å². The fourth-order valence-electron chi connectivity index (χ4n) is 4.70. The summed E-state index contributed by atoms with van der Waals surface area (Å²) in [6.07, 6.45) is 6.30. The predicted molar refractivity (Wildman–Crippen MR) is 150 cm³/mol. The molecule has 214 valence electrons. The summed E-state index contributed by atoms with van der Waals surface area (Å²) >= 11 is 0. The van der Waals surface area contributed by atoms with Gasteiger partial charge >= 0.3 is 0 Å². The predicted octanol–water partition coefficient (Wildman–Crippen LogP) is 5.68. The molecule has 0 radical (unpaired) electrons. The minimum Gasteiger partial charge on any atom is -0.381 e. The van der Waals surface area contributed by atoms with Gasteiger partial charge in [0.05, 0.1) is 38.6 Å². The summed E-state index contributed by atoms with van der Waals surface area (Å²) in [5.41, 5.74) is 0.794. The molecular formula is C30H60N2O4. The molecule has 0 aromatic carbocycles. The van der Waals surface area contributed by atoms with Crippen LogP contribution in [0.5, 0.6) is 0 Å². The van der Waals surface area contributed by atoms with Crippen LogP contribution in [0.25, 0.3) is 0 Å². The highest BCUT2D eigenvalue weighted by Crippen LogP contribution is 2.32. The molecule has 36 heavy (non-hydrogen) atoms. The van der Waals surface area contributed by atoms with Crippen LogP contribution < -0.4 is 5.32 Å². The van der Waals surface area contributed by atoms with E-state index in [0.29, 0.717) is 31.5 Å². The largest absolute Gasteiger partial charge is 0.381 e. The first-order valence-electron chi connectivity index (χ1n) is 14.5. The second-order valence-electron chi connectivity index (χ2n) is 15.0. The second kappa shape index (κ2) is 13.7. The normalized spacial score (nSPS) is 22.5. The Kier molecular flexibility index (Phi) is 12.2. The molecule has 0 aromatic heterocycles.